The molecule has 0 heterocycles. The molecule has 0 spiro atoms. The van der Waals surface area contributed by atoms with Gasteiger partial charge in [-0.15, -0.1) is 0 Å². The Kier molecular flexibility index (Phi) is 6.53. The van der Waals surface area contributed by atoms with Gasteiger partial charge in [-0.25, -0.2) is 0 Å². The van der Waals surface area contributed by atoms with E-state index in [-0.39, 0.29) is 54.6 Å². The fraction of sp³-hybridized carbons (Fsp3) is 0.769. The van der Waals surface area contributed by atoms with Crippen molar-refractivity contribution < 1.29 is 38.9 Å². The van der Waals surface area contributed by atoms with Crippen LogP contribution in [0, 0.1) is 28.6 Å². The van der Waals surface area contributed by atoms with Crippen molar-refractivity contribution in [2.75, 3.05) is 13.7 Å². The normalized spacial score (nSPS) is 41.0. The first-order valence-electron chi connectivity index (χ1n) is 12.4. The van der Waals surface area contributed by atoms with E-state index >= 15 is 0 Å². The predicted molar refractivity (Wildman–Crippen MR) is 120 cm³/mol. The molecule has 2 N–H and O–H groups in total. The van der Waals surface area contributed by atoms with Crippen molar-refractivity contribution in [3.05, 3.63) is 11.6 Å². The maximum absolute atomic E-state index is 13.2. The van der Waals surface area contributed by atoms with Crippen molar-refractivity contribution in [3.63, 3.8) is 0 Å². The lowest BCUT2D eigenvalue weighted by Gasteiger charge is -2.60. The van der Waals surface area contributed by atoms with Crippen LogP contribution in [-0.4, -0.2) is 59.1 Å². The fourth-order valence-corrected chi connectivity index (χ4v) is 8.04. The molecule has 3 fully saturated rings. The van der Waals surface area contributed by atoms with Gasteiger partial charge in [0.1, 0.15) is 6.61 Å². The highest BCUT2D eigenvalue weighted by atomic mass is 16.6. The highest BCUT2D eigenvalue weighted by Crippen LogP contribution is 2.68. The monoisotopic (exact) mass is 476 g/mol. The van der Waals surface area contributed by atoms with Crippen molar-refractivity contribution >= 4 is 23.5 Å². The number of allylic oxidation sites excluding steroid dienone is 1. The molecular weight excluding hydrogens is 440 g/mol. The fourth-order valence-electron chi connectivity index (χ4n) is 8.04. The largest absolute Gasteiger partial charge is 0.469 e. The summed E-state index contributed by atoms with van der Waals surface area (Å²) in [7, 11) is 1.24. The number of Topliss-reactive ketones (excluding diaryl/α,β-unsaturated/α-hetero) is 1. The third-order valence-electron chi connectivity index (χ3n) is 9.66. The number of carbonyl (C=O) groups excluding carboxylic acids is 4. The Hall–Kier alpha value is -2.06. The van der Waals surface area contributed by atoms with E-state index in [4.69, 9.17) is 4.74 Å². The van der Waals surface area contributed by atoms with Crippen LogP contribution < -0.4 is 0 Å². The smallest absolute Gasteiger partial charge is 0.307 e. The number of aliphatic hydroxyl groups excluding tert-OH is 2. The van der Waals surface area contributed by atoms with Gasteiger partial charge in [-0.3, -0.25) is 19.2 Å². The summed E-state index contributed by atoms with van der Waals surface area (Å²) in [5.74, 6) is -1.52. The van der Waals surface area contributed by atoms with E-state index in [1.807, 2.05) is 6.92 Å². The van der Waals surface area contributed by atoms with Gasteiger partial charge in [0.15, 0.2) is 11.4 Å². The molecule has 0 amide bonds. The van der Waals surface area contributed by atoms with Gasteiger partial charge in [0, 0.05) is 11.8 Å². The zero-order valence-electron chi connectivity index (χ0n) is 20.3. The number of ketones is 2. The van der Waals surface area contributed by atoms with Crippen molar-refractivity contribution in [2.45, 2.75) is 83.3 Å². The molecule has 1 unspecified atom stereocenters. The van der Waals surface area contributed by atoms with Gasteiger partial charge in [-0.2, -0.15) is 0 Å². The van der Waals surface area contributed by atoms with Gasteiger partial charge in [0.25, 0.3) is 0 Å². The van der Waals surface area contributed by atoms with Crippen LogP contribution in [0.1, 0.15) is 71.6 Å². The molecule has 4 aliphatic rings. The average molecular weight is 477 g/mol. The topological polar surface area (TPSA) is 127 Å². The lowest BCUT2D eigenvalue weighted by molar-refractivity contribution is -0.202. The van der Waals surface area contributed by atoms with Crippen LogP contribution in [0.15, 0.2) is 11.6 Å². The van der Waals surface area contributed by atoms with Crippen molar-refractivity contribution in [3.8, 4) is 0 Å². The van der Waals surface area contributed by atoms with Gasteiger partial charge in [-0.1, -0.05) is 19.4 Å². The van der Waals surface area contributed by atoms with Crippen LogP contribution in [0.5, 0.6) is 0 Å². The van der Waals surface area contributed by atoms with Crippen molar-refractivity contribution in [1.29, 1.82) is 0 Å². The molecule has 0 aromatic heterocycles. The maximum atomic E-state index is 13.2. The van der Waals surface area contributed by atoms with Crippen LogP contribution >= 0.6 is 0 Å². The Bertz CT molecular complexity index is 924. The minimum absolute atomic E-state index is 0.0285. The number of hydrogen-bond donors (Lipinski definition) is 2. The molecule has 4 aliphatic carbocycles. The minimum Gasteiger partial charge on any atom is -0.469 e. The lowest BCUT2D eigenvalue weighted by Crippen LogP contribution is -2.63. The predicted octanol–water partition coefficient (Wildman–Crippen LogP) is 2.29. The first-order chi connectivity index (χ1) is 16.0. The summed E-state index contributed by atoms with van der Waals surface area (Å²) >= 11 is 0. The van der Waals surface area contributed by atoms with E-state index in [1.54, 1.807) is 6.08 Å². The standard InChI is InChI=1S/C26H36O8/c1-24-10-8-16(28)12-15(24)4-5-17-18-9-11-26(20(30)14-27,25(18,2)13-19(29)23(17)24)34-22(32)7-6-21(31)33-3/h12,17-19,23,27,29H,4-11,13-14H2,1-3H3/t17-,18-,19?,23+,24-,25-,26-/m0/s1. The number of carbonyl (C=O) groups is 4. The molecule has 8 heteroatoms. The molecule has 0 aliphatic heterocycles. The SMILES string of the molecule is COC(=O)CCC(=O)O[C@]1(C(=O)CO)CC[C@H]2[C@@H]3CCC4=CC(=O)CC[C@]4(C)[C@H]3C(O)C[C@@]21C. The highest BCUT2D eigenvalue weighted by molar-refractivity contribution is 5.93. The molecule has 0 saturated heterocycles. The van der Waals surface area contributed by atoms with Gasteiger partial charge < -0.3 is 19.7 Å². The second kappa shape index (κ2) is 8.86. The Labute approximate surface area is 200 Å². The van der Waals surface area contributed by atoms with Gasteiger partial charge in [0.2, 0.25) is 5.78 Å². The lowest BCUT2D eigenvalue weighted by atomic mass is 9.45. The summed E-state index contributed by atoms with van der Waals surface area (Å²) in [6.07, 6.45) is 4.64. The first-order valence-corrected chi connectivity index (χ1v) is 12.4. The van der Waals surface area contributed by atoms with Gasteiger partial charge in [0.05, 0.1) is 26.1 Å². The number of hydrogen-bond acceptors (Lipinski definition) is 8. The summed E-state index contributed by atoms with van der Waals surface area (Å²) < 4.78 is 10.5. The second-order valence-corrected chi connectivity index (χ2v) is 11.1. The minimum atomic E-state index is -1.54. The van der Waals surface area contributed by atoms with Crippen LogP contribution in [0.25, 0.3) is 0 Å². The molecule has 4 rings (SSSR count). The zero-order chi connectivity index (χ0) is 24.9. The molecule has 34 heavy (non-hydrogen) atoms. The summed E-state index contributed by atoms with van der Waals surface area (Å²) in [6, 6.07) is 0. The van der Waals surface area contributed by atoms with Gasteiger partial charge >= 0.3 is 11.9 Å². The Balaban J connectivity index is 1.66. The van der Waals surface area contributed by atoms with Gasteiger partial charge in [-0.05, 0) is 67.8 Å². The number of rotatable bonds is 6. The third-order valence-corrected chi connectivity index (χ3v) is 9.66. The molecule has 0 aromatic rings. The van der Waals surface area contributed by atoms with E-state index in [0.29, 0.717) is 19.3 Å². The van der Waals surface area contributed by atoms with Crippen molar-refractivity contribution in [2.24, 2.45) is 28.6 Å². The zero-order valence-corrected chi connectivity index (χ0v) is 20.3. The number of fused-ring (bicyclic) bond motifs is 5. The number of ether oxygens (including phenoxy) is 2. The van der Waals surface area contributed by atoms with Crippen LogP contribution in [0.3, 0.4) is 0 Å². The van der Waals surface area contributed by atoms with E-state index in [2.05, 4.69) is 11.7 Å². The van der Waals surface area contributed by atoms with Crippen LogP contribution in [0.4, 0.5) is 0 Å². The van der Waals surface area contributed by atoms with E-state index in [9.17, 15) is 29.4 Å². The third kappa shape index (κ3) is 3.65. The van der Waals surface area contributed by atoms with Crippen LogP contribution in [-0.2, 0) is 28.7 Å². The summed E-state index contributed by atoms with van der Waals surface area (Å²) in [4.78, 5) is 49.5. The molecule has 7 atom stereocenters. The maximum Gasteiger partial charge on any atom is 0.307 e. The number of esters is 2. The molecule has 3 saturated carbocycles. The molecular formula is C26H36O8. The Morgan fingerprint density at radius 2 is 1.79 bits per heavy atom. The Morgan fingerprint density at radius 1 is 1.09 bits per heavy atom. The number of methoxy groups -OCH3 is 1. The molecule has 0 bridgehead atoms. The van der Waals surface area contributed by atoms with E-state index in [1.165, 1.54) is 7.11 Å². The summed E-state index contributed by atoms with van der Waals surface area (Å²) in [6.45, 7) is 3.30. The average Bonchev–Trinajstić information content (AvgIpc) is 3.09. The summed E-state index contributed by atoms with van der Waals surface area (Å²) in [5.41, 5.74) is -1.51. The number of aliphatic hydroxyl groups is 2. The highest BCUT2D eigenvalue weighted by Gasteiger charge is 2.70. The first kappa shape index (κ1) is 25.0. The van der Waals surface area contributed by atoms with E-state index < -0.39 is 41.4 Å². The molecule has 0 aromatic carbocycles. The van der Waals surface area contributed by atoms with Crippen LogP contribution in [0.2, 0.25) is 0 Å². The Morgan fingerprint density at radius 3 is 2.47 bits per heavy atom. The molecule has 0 radical (unpaired) electrons. The van der Waals surface area contributed by atoms with E-state index in [0.717, 1.165) is 18.4 Å². The summed E-state index contributed by atoms with van der Waals surface area (Å²) in [5, 5.41) is 21.4. The second-order valence-electron chi connectivity index (χ2n) is 11.1. The molecule has 188 valence electrons. The van der Waals surface area contributed by atoms with Crippen molar-refractivity contribution in [1.82, 2.24) is 0 Å². The quantitative estimate of drug-likeness (QED) is 0.559. The molecule has 8 nitrogen and oxygen atoms in total.